The molecule has 25 heavy (non-hydrogen) atoms. The summed E-state index contributed by atoms with van der Waals surface area (Å²) in [6.07, 6.45) is 7.18. The lowest BCUT2D eigenvalue weighted by molar-refractivity contribution is 0.167. The van der Waals surface area contributed by atoms with Crippen LogP contribution in [0.4, 0.5) is 4.79 Å². The van der Waals surface area contributed by atoms with Crippen LogP contribution < -0.4 is 5.32 Å². The standard InChI is InChI=1S/C20H25N3O2/c1-14(15-7-8-15)23(18-9-10-18)20(24)21-12-11-17-13-25-19(22-17)16-5-3-2-4-6-16/h2-6,13-15,18H,7-12H2,1H3,(H,21,24)/t14-/m1/s1. The van der Waals surface area contributed by atoms with E-state index >= 15 is 0 Å². The smallest absolute Gasteiger partial charge is 0.317 e. The van der Waals surface area contributed by atoms with Gasteiger partial charge in [-0.2, -0.15) is 0 Å². The van der Waals surface area contributed by atoms with Crippen molar-refractivity contribution in [3.63, 3.8) is 0 Å². The van der Waals surface area contributed by atoms with Crippen molar-refractivity contribution < 1.29 is 9.21 Å². The van der Waals surface area contributed by atoms with Crippen LogP contribution >= 0.6 is 0 Å². The topological polar surface area (TPSA) is 58.4 Å². The fourth-order valence-corrected chi connectivity index (χ4v) is 3.37. The van der Waals surface area contributed by atoms with Crippen molar-refractivity contribution in [3.05, 3.63) is 42.3 Å². The van der Waals surface area contributed by atoms with Gasteiger partial charge in [0.2, 0.25) is 5.89 Å². The lowest BCUT2D eigenvalue weighted by Crippen LogP contribution is -2.47. The third-order valence-corrected chi connectivity index (χ3v) is 5.15. The number of aromatic nitrogens is 1. The quantitative estimate of drug-likeness (QED) is 0.833. The minimum Gasteiger partial charge on any atom is -0.444 e. The van der Waals surface area contributed by atoms with E-state index in [1.165, 1.54) is 12.8 Å². The zero-order chi connectivity index (χ0) is 17.2. The molecule has 2 amide bonds. The van der Waals surface area contributed by atoms with Gasteiger partial charge in [0.25, 0.3) is 0 Å². The van der Waals surface area contributed by atoms with E-state index in [1.807, 2.05) is 30.3 Å². The Bertz CT molecular complexity index is 720. The van der Waals surface area contributed by atoms with Crippen LogP contribution in [-0.2, 0) is 6.42 Å². The van der Waals surface area contributed by atoms with Gasteiger partial charge in [-0.15, -0.1) is 0 Å². The molecule has 132 valence electrons. The molecule has 0 bridgehead atoms. The zero-order valence-corrected chi connectivity index (χ0v) is 14.6. The van der Waals surface area contributed by atoms with Crippen molar-refractivity contribution in [2.75, 3.05) is 6.54 Å². The number of hydrogen-bond acceptors (Lipinski definition) is 3. The summed E-state index contributed by atoms with van der Waals surface area (Å²) in [5, 5.41) is 3.07. The van der Waals surface area contributed by atoms with Crippen LogP contribution in [0.2, 0.25) is 0 Å². The highest BCUT2D eigenvalue weighted by Gasteiger charge is 2.41. The Morgan fingerprint density at radius 2 is 2.04 bits per heavy atom. The molecule has 0 spiro atoms. The van der Waals surface area contributed by atoms with Gasteiger partial charge in [0.1, 0.15) is 6.26 Å². The summed E-state index contributed by atoms with van der Waals surface area (Å²) < 4.78 is 5.55. The van der Waals surface area contributed by atoms with E-state index < -0.39 is 0 Å². The van der Waals surface area contributed by atoms with E-state index in [4.69, 9.17) is 4.42 Å². The molecule has 0 saturated heterocycles. The zero-order valence-electron chi connectivity index (χ0n) is 14.6. The molecule has 2 saturated carbocycles. The molecular formula is C20H25N3O2. The van der Waals surface area contributed by atoms with Gasteiger partial charge < -0.3 is 14.6 Å². The normalized spacial score (nSPS) is 18.0. The highest BCUT2D eigenvalue weighted by Crippen LogP contribution is 2.39. The van der Waals surface area contributed by atoms with Crippen LogP contribution in [0.5, 0.6) is 0 Å². The van der Waals surface area contributed by atoms with Crippen LogP contribution in [-0.4, -0.2) is 34.5 Å². The number of urea groups is 1. The first-order valence-corrected chi connectivity index (χ1v) is 9.28. The summed E-state index contributed by atoms with van der Waals surface area (Å²) in [5.41, 5.74) is 1.84. The lowest BCUT2D eigenvalue weighted by Gasteiger charge is -2.29. The molecule has 1 heterocycles. The first kappa shape index (κ1) is 16.2. The van der Waals surface area contributed by atoms with Gasteiger partial charge in [-0.05, 0) is 50.7 Å². The second-order valence-electron chi connectivity index (χ2n) is 7.21. The van der Waals surface area contributed by atoms with Crippen molar-refractivity contribution >= 4 is 6.03 Å². The van der Waals surface area contributed by atoms with Gasteiger partial charge >= 0.3 is 6.03 Å². The minimum absolute atomic E-state index is 0.0775. The lowest BCUT2D eigenvalue weighted by atomic mass is 10.2. The Hall–Kier alpha value is -2.30. The van der Waals surface area contributed by atoms with Crippen LogP contribution in [0.3, 0.4) is 0 Å². The highest BCUT2D eigenvalue weighted by atomic mass is 16.3. The van der Waals surface area contributed by atoms with Gasteiger partial charge in [-0.1, -0.05) is 18.2 Å². The second-order valence-corrected chi connectivity index (χ2v) is 7.21. The molecule has 2 fully saturated rings. The molecule has 0 aliphatic heterocycles. The fraction of sp³-hybridized carbons (Fsp3) is 0.500. The van der Waals surface area contributed by atoms with Gasteiger partial charge in [-0.25, -0.2) is 9.78 Å². The van der Waals surface area contributed by atoms with Crippen molar-refractivity contribution in [2.45, 2.75) is 51.1 Å². The fourth-order valence-electron chi connectivity index (χ4n) is 3.37. The van der Waals surface area contributed by atoms with Crippen molar-refractivity contribution in [1.82, 2.24) is 15.2 Å². The molecule has 1 aromatic heterocycles. The average Bonchev–Trinajstić information content (AvgIpc) is 3.55. The predicted molar refractivity (Wildman–Crippen MR) is 96.1 cm³/mol. The molecule has 4 rings (SSSR count). The number of nitrogens with one attached hydrogen (secondary N) is 1. The number of rotatable bonds is 7. The van der Waals surface area contributed by atoms with Crippen LogP contribution in [0.1, 0.15) is 38.3 Å². The molecule has 2 aliphatic carbocycles. The molecule has 5 nitrogen and oxygen atoms in total. The van der Waals surface area contributed by atoms with E-state index in [0.717, 1.165) is 24.1 Å². The Morgan fingerprint density at radius 1 is 1.28 bits per heavy atom. The van der Waals surface area contributed by atoms with Crippen molar-refractivity contribution in [1.29, 1.82) is 0 Å². The Kier molecular flexibility index (Phi) is 4.47. The van der Waals surface area contributed by atoms with E-state index in [0.29, 0.717) is 36.9 Å². The monoisotopic (exact) mass is 339 g/mol. The first-order valence-electron chi connectivity index (χ1n) is 9.28. The maximum atomic E-state index is 12.6. The molecule has 5 heteroatoms. The molecular weight excluding hydrogens is 314 g/mol. The molecule has 1 atom stereocenters. The van der Waals surface area contributed by atoms with Crippen molar-refractivity contribution in [3.8, 4) is 11.5 Å². The van der Waals surface area contributed by atoms with Gasteiger partial charge in [0, 0.05) is 30.6 Å². The maximum absolute atomic E-state index is 12.6. The van der Waals surface area contributed by atoms with Gasteiger partial charge in [-0.3, -0.25) is 0 Å². The number of nitrogens with zero attached hydrogens (tertiary/aromatic N) is 2. The summed E-state index contributed by atoms with van der Waals surface area (Å²) in [7, 11) is 0. The minimum atomic E-state index is 0.0775. The average molecular weight is 339 g/mol. The maximum Gasteiger partial charge on any atom is 0.317 e. The Morgan fingerprint density at radius 3 is 2.72 bits per heavy atom. The molecule has 0 unspecified atom stereocenters. The molecule has 2 aliphatic rings. The van der Waals surface area contributed by atoms with E-state index in [1.54, 1.807) is 6.26 Å². The second kappa shape index (κ2) is 6.90. The summed E-state index contributed by atoms with van der Waals surface area (Å²) in [6.45, 7) is 2.78. The summed E-state index contributed by atoms with van der Waals surface area (Å²) >= 11 is 0. The largest absolute Gasteiger partial charge is 0.444 e. The predicted octanol–water partition coefficient (Wildman–Crippen LogP) is 3.86. The van der Waals surface area contributed by atoms with Crippen LogP contribution in [0.25, 0.3) is 11.5 Å². The Balaban J connectivity index is 1.30. The Labute approximate surface area is 148 Å². The number of amides is 2. The third kappa shape index (κ3) is 3.86. The summed E-state index contributed by atoms with van der Waals surface area (Å²) in [4.78, 5) is 19.2. The summed E-state index contributed by atoms with van der Waals surface area (Å²) in [5.74, 6) is 1.33. The number of hydrogen-bond donors (Lipinski definition) is 1. The van der Waals surface area contributed by atoms with E-state index in [2.05, 4.69) is 22.1 Å². The molecule has 2 aromatic rings. The molecule has 0 radical (unpaired) electrons. The van der Waals surface area contributed by atoms with Crippen LogP contribution in [0.15, 0.2) is 41.0 Å². The number of carbonyl (C=O) groups is 1. The molecule has 1 N–H and O–H groups in total. The van der Waals surface area contributed by atoms with Gasteiger partial charge in [0.15, 0.2) is 0 Å². The SMILES string of the molecule is C[C@H](C1CC1)N(C(=O)NCCc1coc(-c2ccccc2)n1)C1CC1. The van der Waals surface area contributed by atoms with Crippen molar-refractivity contribution in [2.24, 2.45) is 5.92 Å². The third-order valence-electron chi connectivity index (χ3n) is 5.15. The van der Waals surface area contributed by atoms with Gasteiger partial charge in [0.05, 0.1) is 5.69 Å². The number of oxazole rings is 1. The molecule has 1 aromatic carbocycles. The number of carbonyl (C=O) groups excluding carboxylic acids is 1. The first-order chi connectivity index (χ1) is 12.2. The highest BCUT2D eigenvalue weighted by molar-refractivity contribution is 5.75. The van der Waals surface area contributed by atoms with E-state index in [-0.39, 0.29) is 6.03 Å². The summed E-state index contributed by atoms with van der Waals surface area (Å²) in [6, 6.07) is 10.7. The van der Waals surface area contributed by atoms with Crippen LogP contribution in [0, 0.1) is 5.92 Å². The van der Waals surface area contributed by atoms with E-state index in [9.17, 15) is 4.79 Å². The number of benzene rings is 1.